The van der Waals surface area contributed by atoms with Gasteiger partial charge in [0.2, 0.25) is 0 Å². The number of nitrogens with zero attached hydrogens (tertiary/aromatic N) is 4. The first kappa shape index (κ1) is 13.7. The topological polar surface area (TPSA) is 109 Å². The molecule has 3 amide bonds. The summed E-state index contributed by atoms with van der Waals surface area (Å²) in [7, 11) is 0. The second-order valence-corrected chi connectivity index (χ2v) is 4.38. The first-order valence-electron chi connectivity index (χ1n) is 5.82. The summed E-state index contributed by atoms with van der Waals surface area (Å²) in [6.45, 7) is 3.29. The van der Waals surface area contributed by atoms with Crippen LogP contribution >= 0.6 is 0 Å². The minimum absolute atomic E-state index is 0.125. The molecule has 0 radical (unpaired) electrons. The Balaban J connectivity index is 2.10. The standard InChI is InChI=1S/C11H12N4O5/c1-7(2)14-9(16)6-13(11(14)17)12-5-8-3-4-10(20-8)15(18)19/h3-5,7H,6H2,1-2H3. The Labute approximate surface area is 113 Å². The molecule has 1 aliphatic rings. The number of imide groups is 1. The number of hydrazone groups is 1. The minimum Gasteiger partial charge on any atom is -0.400 e. The van der Waals surface area contributed by atoms with Crippen molar-refractivity contribution in [1.29, 1.82) is 0 Å². The molecule has 2 rings (SSSR count). The van der Waals surface area contributed by atoms with E-state index in [2.05, 4.69) is 5.10 Å². The number of hydrogen-bond donors (Lipinski definition) is 0. The van der Waals surface area contributed by atoms with Crippen molar-refractivity contribution in [3.63, 3.8) is 0 Å². The SMILES string of the molecule is CC(C)N1C(=O)CN(N=Cc2ccc([N+](=O)[O-])o2)C1=O. The van der Waals surface area contributed by atoms with Crippen LogP contribution in [0.15, 0.2) is 21.7 Å². The van der Waals surface area contributed by atoms with Crippen molar-refractivity contribution < 1.29 is 18.9 Å². The molecule has 1 aromatic rings. The predicted octanol–water partition coefficient (Wildman–Crippen LogP) is 1.19. The third-order valence-electron chi connectivity index (χ3n) is 2.61. The number of carbonyl (C=O) groups is 2. The van der Waals surface area contributed by atoms with Crippen molar-refractivity contribution in [2.24, 2.45) is 5.10 Å². The molecule has 0 spiro atoms. The summed E-state index contributed by atoms with van der Waals surface area (Å²) in [6.07, 6.45) is 1.15. The summed E-state index contributed by atoms with van der Waals surface area (Å²) in [6, 6.07) is 1.75. The zero-order valence-electron chi connectivity index (χ0n) is 10.8. The highest BCUT2D eigenvalue weighted by Crippen LogP contribution is 2.16. The smallest absolute Gasteiger partial charge is 0.400 e. The molecule has 0 aromatic carbocycles. The van der Waals surface area contributed by atoms with Gasteiger partial charge in [0.25, 0.3) is 5.91 Å². The number of rotatable bonds is 4. The highest BCUT2D eigenvalue weighted by Gasteiger charge is 2.37. The average molecular weight is 280 g/mol. The van der Waals surface area contributed by atoms with Crippen molar-refractivity contribution in [3.8, 4) is 0 Å². The third kappa shape index (κ3) is 2.51. The monoisotopic (exact) mass is 280 g/mol. The molecule has 0 unspecified atom stereocenters. The van der Waals surface area contributed by atoms with Gasteiger partial charge in [-0.25, -0.2) is 9.80 Å². The van der Waals surface area contributed by atoms with Crippen molar-refractivity contribution >= 4 is 24.0 Å². The molecule has 0 N–H and O–H groups in total. The number of carbonyl (C=O) groups excluding carboxylic acids is 2. The lowest BCUT2D eigenvalue weighted by Crippen LogP contribution is -2.37. The van der Waals surface area contributed by atoms with Crippen LogP contribution in [0.4, 0.5) is 10.7 Å². The quantitative estimate of drug-likeness (QED) is 0.356. The Hall–Kier alpha value is -2.71. The third-order valence-corrected chi connectivity index (χ3v) is 2.61. The molecule has 1 aliphatic heterocycles. The fourth-order valence-electron chi connectivity index (χ4n) is 1.74. The van der Waals surface area contributed by atoms with E-state index in [-0.39, 0.29) is 24.3 Å². The van der Waals surface area contributed by atoms with Gasteiger partial charge in [0.05, 0.1) is 12.3 Å². The van der Waals surface area contributed by atoms with Crippen LogP contribution in [0, 0.1) is 10.1 Å². The van der Waals surface area contributed by atoms with Crippen LogP contribution < -0.4 is 0 Å². The van der Waals surface area contributed by atoms with Crippen LogP contribution in [0.5, 0.6) is 0 Å². The first-order valence-corrected chi connectivity index (χ1v) is 5.82. The molecule has 9 heteroatoms. The van der Waals surface area contributed by atoms with Gasteiger partial charge in [-0.1, -0.05) is 0 Å². The lowest BCUT2D eigenvalue weighted by Gasteiger charge is -2.17. The molecule has 20 heavy (non-hydrogen) atoms. The summed E-state index contributed by atoms with van der Waals surface area (Å²) in [4.78, 5) is 34.3. The van der Waals surface area contributed by atoms with Crippen molar-refractivity contribution in [1.82, 2.24) is 9.91 Å². The van der Waals surface area contributed by atoms with Crippen LogP contribution in [0.2, 0.25) is 0 Å². The zero-order chi connectivity index (χ0) is 14.9. The molecule has 1 aromatic heterocycles. The largest absolute Gasteiger partial charge is 0.433 e. The lowest BCUT2D eigenvalue weighted by molar-refractivity contribution is -0.402. The number of amides is 3. The summed E-state index contributed by atoms with van der Waals surface area (Å²) >= 11 is 0. The molecule has 0 bridgehead atoms. The highest BCUT2D eigenvalue weighted by molar-refractivity contribution is 6.02. The summed E-state index contributed by atoms with van der Waals surface area (Å²) < 4.78 is 4.86. The minimum atomic E-state index is -0.678. The molecular weight excluding hydrogens is 268 g/mol. The van der Waals surface area contributed by atoms with Gasteiger partial charge in [-0.15, -0.1) is 0 Å². The molecule has 0 aliphatic carbocycles. The molecule has 9 nitrogen and oxygen atoms in total. The molecule has 1 fully saturated rings. The van der Waals surface area contributed by atoms with E-state index in [1.54, 1.807) is 13.8 Å². The molecular formula is C11H12N4O5. The zero-order valence-corrected chi connectivity index (χ0v) is 10.8. The van der Waals surface area contributed by atoms with Gasteiger partial charge in [-0.2, -0.15) is 5.10 Å². The highest BCUT2D eigenvalue weighted by atomic mass is 16.6. The van der Waals surface area contributed by atoms with Crippen LogP contribution in [0.3, 0.4) is 0 Å². The fraction of sp³-hybridized carbons (Fsp3) is 0.364. The Morgan fingerprint density at radius 3 is 2.65 bits per heavy atom. The number of furan rings is 1. The van der Waals surface area contributed by atoms with Gasteiger partial charge >= 0.3 is 11.9 Å². The molecule has 1 saturated heterocycles. The maximum absolute atomic E-state index is 11.9. The van der Waals surface area contributed by atoms with Gasteiger partial charge in [0.15, 0.2) is 5.76 Å². The Kier molecular flexibility index (Phi) is 3.51. The van der Waals surface area contributed by atoms with E-state index in [1.165, 1.54) is 12.1 Å². The van der Waals surface area contributed by atoms with Crippen LogP contribution in [0.1, 0.15) is 19.6 Å². The van der Waals surface area contributed by atoms with E-state index in [0.717, 1.165) is 16.1 Å². The van der Waals surface area contributed by atoms with E-state index in [4.69, 9.17) is 4.42 Å². The molecule has 0 atom stereocenters. The molecule has 0 saturated carbocycles. The molecule has 2 heterocycles. The Morgan fingerprint density at radius 1 is 1.45 bits per heavy atom. The first-order chi connectivity index (χ1) is 9.40. The van der Waals surface area contributed by atoms with E-state index in [0.29, 0.717) is 0 Å². The van der Waals surface area contributed by atoms with Gasteiger partial charge in [-0.3, -0.25) is 19.8 Å². The maximum Gasteiger partial charge on any atom is 0.433 e. The summed E-state index contributed by atoms with van der Waals surface area (Å²) in [5.74, 6) is -0.633. The second kappa shape index (κ2) is 5.11. The van der Waals surface area contributed by atoms with Crippen molar-refractivity contribution in [3.05, 3.63) is 28.0 Å². The van der Waals surface area contributed by atoms with Crippen LogP contribution in [0.25, 0.3) is 0 Å². The van der Waals surface area contributed by atoms with E-state index in [9.17, 15) is 19.7 Å². The number of urea groups is 1. The number of nitro groups is 1. The van der Waals surface area contributed by atoms with Gasteiger partial charge < -0.3 is 4.42 Å². The Morgan fingerprint density at radius 2 is 2.15 bits per heavy atom. The fourth-order valence-corrected chi connectivity index (χ4v) is 1.74. The van der Waals surface area contributed by atoms with E-state index < -0.39 is 16.8 Å². The van der Waals surface area contributed by atoms with E-state index in [1.807, 2.05) is 0 Å². The van der Waals surface area contributed by atoms with Gasteiger partial charge in [0.1, 0.15) is 11.5 Å². The maximum atomic E-state index is 11.9. The van der Waals surface area contributed by atoms with Crippen molar-refractivity contribution in [2.45, 2.75) is 19.9 Å². The van der Waals surface area contributed by atoms with Crippen LogP contribution in [-0.2, 0) is 4.79 Å². The van der Waals surface area contributed by atoms with Crippen molar-refractivity contribution in [2.75, 3.05) is 6.54 Å². The molecule has 106 valence electrons. The normalized spacial score (nSPS) is 15.9. The second-order valence-electron chi connectivity index (χ2n) is 4.38. The van der Waals surface area contributed by atoms with Gasteiger partial charge in [-0.05, 0) is 19.9 Å². The van der Waals surface area contributed by atoms with E-state index >= 15 is 0 Å². The Bertz CT molecular complexity index is 591. The van der Waals surface area contributed by atoms with Gasteiger partial charge in [0, 0.05) is 6.04 Å². The average Bonchev–Trinajstić information content (AvgIpc) is 2.92. The predicted molar refractivity (Wildman–Crippen MR) is 67.0 cm³/mol. The summed E-state index contributed by atoms with van der Waals surface area (Å²) in [5, 5.41) is 15.2. The number of hydrogen-bond acceptors (Lipinski definition) is 6. The van der Waals surface area contributed by atoms with Crippen LogP contribution in [-0.4, -0.2) is 45.6 Å². The lowest BCUT2D eigenvalue weighted by atomic mass is 10.3. The summed E-state index contributed by atoms with van der Waals surface area (Å²) in [5.41, 5.74) is 0.